The van der Waals surface area contributed by atoms with Gasteiger partial charge in [-0.3, -0.25) is 0 Å². The van der Waals surface area contributed by atoms with Crippen molar-refractivity contribution in [3.05, 3.63) is 59.7 Å². The van der Waals surface area contributed by atoms with Gasteiger partial charge in [-0.05, 0) is 36.4 Å². The quantitative estimate of drug-likeness (QED) is 0.392. The van der Waals surface area contributed by atoms with Crippen LogP contribution in [0.4, 0.5) is 0 Å². The van der Waals surface area contributed by atoms with Gasteiger partial charge in [0.05, 0.1) is 64.0 Å². The van der Waals surface area contributed by atoms with E-state index in [2.05, 4.69) is 0 Å². The molecule has 2 aliphatic rings. The van der Waals surface area contributed by atoms with Crippen LogP contribution in [0.1, 0.15) is 20.7 Å². The number of carbonyl (C=O) groups is 2. The third kappa shape index (κ3) is 10.2. The molecule has 0 unspecified atom stereocenters. The molecule has 0 N–H and O–H groups in total. The lowest BCUT2D eigenvalue weighted by atomic mass is 10.1. The molecule has 0 amide bonds. The third-order valence-corrected chi connectivity index (χ3v) is 4.84. The Labute approximate surface area is 210 Å². The summed E-state index contributed by atoms with van der Waals surface area (Å²) in [4.78, 5) is 24.3. The molecule has 0 aromatic heterocycles. The Morgan fingerprint density at radius 2 is 0.694 bits per heavy atom. The number of carbonyl (C=O) groups excluding carboxylic acids is 2. The summed E-state index contributed by atoms with van der Waals surface area (Å²) in [7, 11) is 0. The van der Waals surface area contributed by atoms with Crippen molar-refractivity contribution in [1.82, 2.24) is 0 Å². The standard InChI is InChI=1S/C26H32O10/c27-25-21-5-7-22(8-6-21)26(28)36-20-16-32-12-10-30-14-18-34-24-4-2-1-3-23(24)33-17-13-29-9-11-31-15-19-35-25/h1-8H,9-20H2. The number of ether oxygens (including phenoxy) is 8. The molecule has 2 heterocycles. The van der Waals surface area contributed by atoms with Crippen molar-refractivity contribution in [3.8, 4) is 11.5 Å². The van der Waals surface area contributed by atoms with Crippen LogP contribution in [0, 0.1) is 0 Å². The lowest BCUT2D eigenvalue weighted by Gasteiger charge is -2.13. The fraction of sp³-hybridized carbons (Fsp3) is 0.462. The Morgan fingerprint density at radius 3 is 1.06 bits per heavy atom. The highest BCUT2D eigenvalue weighted by Crippen LogP contribution is 2.26. The Kier molecular flexibility index (Phi) is 12.6. The number of benzene rings is 2. The summed E-state index contributed by atoms with van der Waals surface area (Å²) < 4.78 is 43.7. The number of para-hydroxylation sites is 2. The molecule has 196 valence electrons. The summed E-state index contributed by atoms with van der Waals surface area (Å²) >= 11 is 0. The van der Waals surface area contributed by atoms with Crippen molar-refractivity contribution in [2.75, 3.05) is 79.3 Å². The Bertz CT molecular complexity index is 841. The smallest absolute Gasteiger partial charge is 0.338 e. The van der Waals surface area contributed by atoms with Crippen molar-refractivity contribution in [2.24, 2.45) is 0 Å². The molecular formula is C26H32O10. The lowest BCUT2D eigenvalue weighted by molar-refractivity contribution is 0.00889. The highest BCUT2D eigenvalue weighted by molar-refractivity contribution is 5.93. The van der Waals surface area contributed by atoms with Gasteiger partial charge in [0.15, 0.2) is 11.5 Å². The van der Waals surface area contributed by atoms with Gasteiger partial charge >= 0.3 is 11.9 Å². The average Bonchev–Trinajstić information content (AvgIpc) is 2.90. The van der Waals surface area contributed by atoms with Crippen LogP contribution in [-0.2, 0) is 28.4 Å². The Hall–Kier alpha value is -3.18. The molecule has 0 saturated heterocycles. The summed E-state index contributed by atoms with van der Waals surface area (Å²) in [6.45, 7) is 3.68. The molecule has 36 heavy (non-hydrogen) atoms. The van der Waals surface area contributed by atoms with E-state index in [4.69, 9.17) is 37.9 Å². The van der Waals surface area contributed by atoms with Gasteiger partial charge in [0.25, 0.3) is 0 Å². The molecule has 2 aromatic carbocycles. The zero-order valence-corrected chi connectivity index (χ0v) is 20.2. The molecule has 10 heteroatoms. The second-order valence-electron chi connectivity index (χ2n) is 7.44. The van der Waals surface area contributed by atoms with E-state index in [9.17, 15) is 9.59 Å². The van der Waals surface area contributed by atoms with Crippen LogP contribution in [0.2, 0.25) is 0 Å². The van der Waals surface area contributed by atoms with E-state index in [0.717, 1.165) is 0 Å². The Morgan fingerprint density at radius 1 is 0.389 bits per heavy atom. The predicted molar refractivity (Wildman–Crippen MR) is 128 cm³/mol. The van der Waals surface area contributed by atoms with Gasteiger partial charge < -0.3 is 37.9 Å². The molecule has 0 fully saturated rings. The second-order valence-corrected chi connectivity index (χ2v) is 7.44. The molecule has 0 atom stereocenters. The minimum absolute atomic E-state index is 0.105. The van der Waals surface area contributed by atoms with E-state index in [1.54, 1.807) is 0 Å². The first-order valence-corrected chi connectivity index (χ1v) is 11.8. The van der Waals surface area contributed by atoms with E-state index in [-0.39, 0.29) is 26.4 Å². The minimum Gasteiger partial charge on any atom is -0.487 e. The SMILES string of the molecule is O=C1OCCOCCOCCOc2ccccc2OCCOCCOCCOC(=O)c2ccc1cc2. The molecule has 0 aliphatic carbocycles. The molecule has 4 rings (SSSR count). The van der Waals surface area contributed by atoms with Gasteiger partial charge in [0, 0.05) is 0 Å². The van der Waals surface area contributed by atoms with E-state index in [1.165, 1.54) is 24.3 Å². The third-order valence-electron chi connectivity index (χ3n) is 4.84. The van der Waals surface area contributed by atoms with Crippen LogP contribution in [0.3, 0.4) is 0 Å². The average molecular weight is 505 g/mol. The first-order chi connectivity index (χ1) is 17.7. The number of esters is 2. The topological polar surface area (TPSA) is 108 Å². The van der Waals surface area contributed by atoms with Crippen molar-refractivity contribution in [2.45, 2.75) is 0 Å². The molecule has 10 nitrogen and oxygen atoms in total. The number of hydrogen-bond acceptors (Lipinski definition) is 10. The molecule has 0 spiro atoms. The van der Waals surface area contributed by atoms with Gasteiger partial charge in [-0.1, -0.05) is 12.1 Å². The molecular weight excluding hydrogens is 472 g/mol. The van der Waals surface area contributed by atoms with Crippen LogP contribution in [0.15, 0.2) is 48.5 Å². The summed E-state index contributed by atoms with van der Waals surface area (Å²) in [6, 6.07) is 13.4. The maximum Gasteiger partial charge on any atom is 0.338 e. The summed E-state index contributed by atoms with van der Waals surface area (Å²) in [5.74, 6) is 0.249. The van der Waals surface area contributed by atoms with Crippen LogP contribution in [0.25, 0.3) is 0 Å². The Balaban J connectivity index is 1.45. The fourth-order valence-electron chi connectivity index (χ4n) is 3.05. The monoisotopic (exact) mass is 504 g/mol. The largest absolute Gasteiger partial charge is 0.487 e. The van der Waals surface area contributed by atoms with E-state index in [1.807, 2.05) is 24.3 Å². The first kappa shape index (κ1) is 27.4. The molecule has 2 bridgehead atoms. The van der Waals surface area contributed by atoms with Crippen LogP contribution < -0.4 is 9.47 Å². The van der Waals surface area contributed by atoms with Crippen molar-refractivity contribution >= 4 is 11.9 Å². The van der Waals surface area contributed by atoms with Crippen LogP contribution in [0.5, 0.6) is 11.5 Å². The zero-order chi connectivity index (χ0) is 25.3. The van der Waals surface area contributed by atoms with E-state index >= 15 is 0 Å². The summed E-state index contributed by atoms with van der Waals surface area (Å²) in [5.41, 5.74) is 0.664. The first-order valence-electron chi connectivity index (χ1n) is 11.8. The lowest BCUT2D eigenvalue weighted by Crippen LogP contribution is -2.16. The van der Waals surface area contributed by atoms with Crippen LogP contribution >= 0.6 is 0 Å². The fourth-order valence-corrected chi connectivity index (χ4v) is 3.05. The predicted octanol–water partition coefficient (Wildman–Crippen LogP) is 2.54. The number of rotatable bonds is 0. The van der Waals surface area contributed by atoms with Crippen molar-refractivity contribution in [3.63, 3.8) is 0 Å². The van der Waals surface area contributed by atoms with Gasteiger partial charge in [0.1, 0.15) is 26.4 Å². The maximum atomic E-state index is 12.1. The molecule has 2 aromatic rings. The summed E-state index contributed by atoms with van der Waals surface area (Å²) in [6.07, 6.45) is 0. The van der Waals surface area contributed by atoms with Crippen molar-refractivity contribution in [1.29, 1.82) is 0 Å². The number of hydrogen-bond donors (Lipinski definition) is 0. The van der Waals surface area contributed by atoms with Gasteiger partial charge in [0.2, 0.25) is 0 Å². The van der Waals surface area contributed by atoms with E-state index in [0.29, 0.717) is 75.5 Å². The number of fused-ring (bicyclic) bond motifs is 22. The minimum atomic E-state index is -0.500. The van der Waals surface area contributed by atoms with Crippen molar-refractivity contribution < 1.29 is 47.5 Å². The van der Waals surface area contributed by atoms with E-state index < -0.39 is 11.9 Å². The molecule has 0 saturated carbocycles. The second kappa shape index (κ2) is 16.5. The maximum absolute atomic E-state index is 12.1. The highest BCUT2D eigenvalue weighted by Gasteiger charge is 2.11. The molecule has 0 radical (unpaired) electrons. The van der Waals surface area contributed by atoms with Gasteiger partial charge in [-0.15, -0.1) is 0 Å². The highest BCUT2D eigenvalue weighted by atomic mass is 16.6. The normalized spacial score (nSPS) is 18.3. The van der Waals surface area contributed by atoms with Gasteiger partial charge in [-0.25, -0.2) is 9.59 Å². The summed E-state index contributed by atoms with van der Waals surface area (Å²) in [5, 5.41) is 0. The molecule has 2 aliphatic heterocycles. The van der Waals surface area contributed by atoms with Crippen LogP contribution in [-0.4, -0.2) is 91.2 Å². The van der Waals surface area contributed by atoms with Gasteiger partial charge in [-0.2, -0.15) is 0 Å². The zero-order valence-electron chi connectivity index (χ0n) is 20.2.